The first-order chi connectivity index (χ1) is 10.1. The topological polar surface area (TPSA) is 96.2 Å². The Labute approximate surface area is 124 Å². The number of nitrogen functional groups attached to an aromatic ring is 1. The standard InChI is InChI=1S/C14H11N5OS/c1-8-11(13(20)17-9-5-3-2-4-6-9)18-14-19(8)12(16)10(7-15)21-14/h2-6H,16H2,1H3,(H,17,20). The van der Waals surface area contributed by atoms with Crippen LogP contribution in [0.1, 0.15) is 21.1 Å². The third-order valence-electron chi connectivity index (χ3n) is 3.09. The van der Waals surface area contributed by atoms with Gasteiger partial charge in [0.25, 0.3) is 5.91 Å². The van der Waals surface area contributed by atoms with Crippen LogP contribution < -0.4 is 11.1 Å². The van der Waals surface area contributed by atoms with E-state index in [-0.39, 0.29) is 5.91 Å². The molecule has 0 saturated heterocycles. The number of fused-ring (bicyclic) bond motifs is 1. The highest BCUT2D eigenvalue weighted by molar-refractivity contribution is 7.18. The number of nitrogens with one attached hydrogen (secondary N) is 1. The number of rotatable bonds is 2. The number of nitriles is 1. The zero-order valence-corrected chi connectivity index (χ0v) is 11.9. The fourth-order valence-corrected chi connectivity index (χ4v) is 2.97. The lowest BCUT2D eigenvalue weighted by molar-refractivity contribution is 0.102. The highest BCUT2D eigenvalue weighted by Gasteiger charge is 2.20. The van der Waals surface area contributed by atoms with Crippen LogP contribution in [-0.4, -0.2) is 15.3 Å². The predicted molar refractivity (Wildman–Crippen MR) is 81.3 cm³/mol. The SMILES string of the molecule is Cc1c(C(=O)Nc2ccccc2)nc2sc(C#N)c(N)n12. The summed E-state index contributed by atoms with van der Waals surface area (Å²) >= 11 is 1.17. The van der Waals surface area contributed by atoms with E-state index in [0.29, 0.717) is 32.7 Å². The van der Waals surface area contributed by atoms with Gasteiger partial charge in [-0.15, -0.1) is 0 Å². The minimum Gasteiger partial charge on any atom is -0.383 e. The summed E-state index contributed by atoms with van der Waals surface area (Å²) in [5.74, 6) is 0.0220. The number of carbonyl (C=O) groups is 1. The molecule has 6 nitrogen and oxygen atoms in total. The number of anilines is 2. The summed E-state index contributed by atoms with van der Waals surface area (Å²) in [5.41, 5.74) is 7.52. The molecule has 7 heteroatoms. The smallest absolute Gasteiger partial charge is 0.276 e. The third kappa shape index (κ3) is 2.11. The molecule has 0 fully saturated rings. The Hall–Kier alpha value is -2.85. The van der Waals surface area contributed by atoms with E-state index in [1.807, 2.05) is 24.3 Å². The van der Waals surface area contributed by atoms with E-state index in [9.17, 15) is 4.79 Å². The van der Waals surface area contributed by atoms with Crippen molar-refractivity contribution in [3.8, 4) is 6.07 Å². The van der Waals surface area contributed by atoms with Crippen molar-refractivity contribution in [1.29, 1.82) is 5.26 Å². The van der Waals surface area contributed by atoms with E-state index in [1.165, 1.54) is 11.3 Å². The average Bonchev–Trinajstić information content (AvgIpc) is 2.98. The number of benzene rings is 1. The summed E-state index contributed by atoms with van der Waals surface area (Å²) in [5, 5.41) is 11.7. The van der Waals surface area contributed by atoms with Gasteiger partial charge in [-0.3, -0.25) is 9.20 Å². The van der Waals surface area contributed by atoms with Crippen LogP contribution >= 0.6 is 11.3 Å². The van der Waals surface area contributed by atoms with Crippen LogP contribution in [0.15, 0.2) is 30.3 Å². The Morgan fingerprint density at radius 2 is 2.14 bits per heavy atom. The second-order valence-corrected chi connectivity index (χ2v) is 5.39. The van der Waals surface area contributed by atoms with Gasteiger partial charge in [-0.2, -0.15) is 5.26 Å². The molecule has 3 aromatic rings. The number of carbonyl (C=O) groups excluding carboxylic acids is 1. The Morgan fingerprint density at radius 1 is 1.43 bits per heavy atom. The number of hydrogen-bond donors (Lipinski definition) is 2. The molecule has 0 aliphatic heterocycles. The summed E-state index contributed by atoms with van der Waals surface area (Å²) in [4.78, 5) is 17.5. The van der Waals surface area contributed by atoms with E-state index >= 15 is 0 Å². The van der Waals surface area contributed by atoms with Crippen molar-refractivity contribution in [1.82, 2.24) is 9.38 Å². The van der Waals surface area contributed by atoms with Crippen LogP contribution in [0.2, 0.25) is 0 Å². The summed E-state index contributed by atoms with van der Waals surface area (Å²) < 4.78 is 1.63. The molecule has 0 bridgehead atoms. The molecule has 2 heterocycles. The van der Waals surface area contributed by atoms with Gasteiger partial charge in [0.1, 0.15) is 16.8 Å². The summed E-state index contributed by atoms with van der Waals surface area (Å²) in [6.45, 7) is 1.75. The van der Waals surface area contributed by atoms with Crippen molar-refractivity contribution in [2.75, 3.05) is 11.1 Å². The Balaban J connectivity index is 2.00. The van der Waals surface area contributed by atoms with Crippen molar-refractivity contribution in [2.45, 2.75) is 6.92 Å². The van der Waals surface area contributed by atoms with E-state index in [1.54, 1.807) is 23.5 Å². The van der Waals surface area contributed by atoms with E-state index in [0.717, 1.165) is 0 Å². The number of para-hydroxylation sites is 1. The van der Waals surface area contributed by atoms with Crippen molar-refractivity contribution in [3.05, 3.63) is 46.6 Å². The van der Waals surface area contributed by atoms with Crippen LogP contribution in [0.4, 0.5) is 11.5 Å². The molecule has 2 aromatic heterocycles. The minimum absolute atomic E-state index is 0.299. The van der Waals surface area contributed by atoms with E-state index < -0.39 is 0 Å². The molecule has 0 radical (unpaired) electrons. The van der Waals surface area contributed by atoms with Crippen LogP contribution in [0.25, 0.3) is 4.96 Å². The second kappa shape index (κ2) is 4.92. The molecule has 21 heavy (non-hydrogen) atoms. The van der Waals surface area contributed by atoms with Gasteiger partial charge in [0, 0.05) is 5.69 Å². The van der Waals surface area contributed by atoms with Crippen molar-refractivity contribution in [3.63, 3.8) is 0 Å². The van der Waals surface area contributed by atoms with E-state index in [4.69, 9.17) is 11.0 Å². The molecule has 3 N–H and O–H groups in total. The summed E-state index contributed by atoms with van der Waals surface area (Å²) in [6, 6.07) is 11.2. The van der Waals surface area contributed by atoms with Crippen LogP contribution in [-0.2, 0) is 0 Å². The van der Waals surface area contributed by atoms with Crippen LogP contribution in [0, 0.1) is 18.3 Å². The van der Waals surface area contributed by atoms with Gasteiger partial charge in [-0.05, 0) is 19.1 Å². The zero-order valence-electron chi connectivity index (χ0n) is 11.1. The number of thiazole rings is 1. The fraction of sp³-hybridized carbons (Fsp3) is 0.0714. The molecule has 1 aromatic carbocycles. The molecule has 104 valence electrons. The Morgan fingerprint density at radius 3 is 2.76 bits per heavy atom. The van der Waals surface area contributed by atoms with Gasteiger partial charge in [-0.1, -0.05) is 29.5 Å². The molecule has 0 unspecified atom stereocenters. The zero-order chi connectivity index (χ0) is 15.0. The molecule has 0 atom stereocenters. The molecule has 0 aliphatic carbocycles. The van der Waals surface area contributed by atoms with Crippen LogP contribution in [0.3, 0.4) is 0 Å². The number of amides is 1. The molecule has 0 spiro atoms. The monoisotopic (exact) mass is 297 g/mol. The molecular weight excluding hydrogens is 286 g/mol. The number of nitrogens with two attached hydrogens (primary N) is 1. The lowest BCUT2D eigenvalue weighted by Crippen LogP contribution is -2.14. The lowest BCUT2D eigenvalue weighted by Gasteiger charge is -2.03. The first-order valence-electron chi connectivity index (χ1n) is 6.15. The first-order valence-corrected chi connectivity index (χ1v) is 6.97. The van der Waals surface area contributed by atoms with Gasteiger partial charge in [0.2, 0.25) is 0 Å². The third-order valence-corrected chi connectivity index (χ3v) is 4.05. The van der Waals surface area contributed by atoms with Crippen molar-refractivity contribution in [2.24, 2.45) is 0 Å². The number of imidazole rings is 1. The van der Waals surface area contributed by atoms with Crippen LogP contribution in [0.5, 0.6) is 0 Å². The number of aromatic nitrogens is 2. The maximum Gasteiger partial charge on any atom is 0.276 e. The first kappa shape index (κ1) is 13.1. The molecule has 1 amide bonds. The Kier molecular flexibility index (Phi) is 3.08. The molecular formula is C14H11N5OS. The van der Waals surface area contributed by atoms with E-state index in [2.05, 4.69) is 10.3 Å². The van der Waals surface area contributed by atoms with Gasteiger partial charge in [0.15, 0.2) is 10.7 Å². The fourth-order valence-electron chi connectivity index (χ4n) is 2.08. The maximum absolute atomic E-state index is 12.3. The average molecular weight is 297 g/mol. The predicted octanol–water partition coefficient (Wildman–Crippen LogP) is 2.41. The van der Waals surface area contributed by atoms with Crippen molar-refractivity contribution >= 4 is 33.7 Å². The van der Waals surface area contributed by atoms with Crippen molar-refractivity contribution < 1.29 is 4.79 Å². The number of aryl methyl sites for hydroxylation is 1. The van der Waals surface area contributed by atoms with Gasteiger partial charge in [-0.25, -0.2) is 4.98 Å². The molecule has 0 saturated carbocycles. The largest absolute Gasteiger partial charge is 0.383 e. The molecule has 0 aliphatic rings. The van der Waals surface area contributed by atoms with Gasteiger partial charge < -0.3 is 11.1 Å². The number of nitrogens with zero attached hydrogens (tertiary/aromatic N) is 3. The maximum atomic E-state index is 12.3. The quantitative estimate of drug-likeness (QED) is 0.759. The van der Waals surface area contributed by atoms with Gasteiger partial charge >= 0.3 is 0 Å². The lowest BCUT2D eigenvalue weighted by atomic mass is 10.3. The number of hydrogen-bond acceptors (Lipinski definition) is 5. The van der Waals surface area contributed by atoms with Gasteiger partial charge in [0.05, 0.1) is 5.69 Å². The molecule has 3 rings (SSSR count). The Bertz CT molecular complexity index is 872. The normalized spacial score (nSPS) is 10.5. The minimum atomic E-state index is -0.299. The summed E-state index contributed by atoms with van der Waals surface area (Å²) in [6.07, 6.45) is 0. The second-order valence-electron chi connectivity index (χ2n) is 4.41. The highest BCUT2D eigenvalue weighted by atomic mass is 32.1. The summed E-state index contributed by atoms with van der Waals surface area (Å²) in [7, 11) is 0. The highest BCUT2D eigenvalue weighted by Crippen LogP contribution is 2.27.